The van der Waals surface area contributed by atoms with Gasteiger partial charge >= 0.3 is 0 Å². The summed E-state index contributed by atoms with van der Waals surface area (Å²) < 4.78 is 0. The second-order valence-corrected chi connectivity index (χ2v) is 6.38. The zero-order valence-electron chi connectivity index (χ0n) is 12.5. The van der Waals surface area contributed by atoms with E-state index in [0.29, 0.717) is 5.54 Å². The van der Waals surface area contributed by atoms with Gasteiger partial charge in [-0.3, -0.25) is 9.80 Å². The quantitative estimate of drug-likeness (QED) is 0.831. The van der Waals surface area contributed by atoms with E-state index in [9.17, 15) is 0 Å². The maximum absolute atomic E-state index is 6.16. The van der Waals surface area contributed by atoms with Gasteiger partial charge in [0.2, 0.25) is 0 Å². The minimum atomic E-state index is 0.321. The van der Waals surface area contributed by atoms with E-state index in [2.05, 4.69) is 30.6 Å². The molecule has 3 unspecified atom stereocenters. The average Bonchev–Trinajstić information content (AvgIpc) is 2.80. The Labute approximate surface area is 113 Å². The Balaban J connectivity index is 1.96. The summed E-state index contributed by atoms with van der Waals surface area (Å²) in [5.41, 5.74) is 6.48. The molecule has 3 atom stereocenters. The molecule has 1 saturated carbocycles. The third-order valence-electron chi connectivity index (χ3n) is 5.68. The minimum Gasteiger partial charge on any atom is -0.329 e. The summed E-state index contributed by atoms with van der Waals surface area (Å²) in [5.74, 6) is 0.776. The molecule has 3 heteroatoms. The van der Waals surface area contributed by atoms with Gasteiger partial charge in [-0.2, -0.15) is 0 Å². The highest BCUT2D eigenvalue weighted by molar-refractivity contribution is 5.01. The van der Waals surface area contributed by atoms with Crippen LogP contribution in [0.4, 0.5) is 0 Å². The lowest BCUT2D eigenvalue weighted by molar-refractivity contribution is 0.00577. The van der Waals surface area contributed by atoms with Crippen LogP contribution in [-0.4, -0.2) is 54.1 Å². The number of hydrogen-bond acceptors (Lipinski definition) is 3. The summed E-state index contributed by atoms with van der Waals surface area (Å²) in [4.78, 5) is 5.35. The van der Waals surface area contributed by atoms with Crippen molar-refractivity contribution in [3.8, 4) is 0 Å². The van der Waals surface area contributed by atoms with Crippen molar-refractivity contribution in [1.29, 1.82) is 0 Å². The lowest BCUT2D eigenvalue weighted by Crippen LogP contribution is -2.62. The predicted octanol–water partition coefficient (Wildman–Crippen LogP) is 1.92. The Morgan fingerprint density at radius 1 is 1.28 bits per heavy atom. The molecule has 0 aromatic carbocycles. The van der Waals surface area contributed by atoms with E-state index in [4.69, 9.17) is 5.73 Å². The number of rotatable bonds is 4. The van der Waals surface area contributed by atoms with Gasteiger partial charge in [0.1, 0.15) is 0 Å². The molecule has 1 aliphatic heterocycles. The van der Waals surface area contributed by atoms with E-state index in [1.165, 1.54) is 51.9 Å². The molecule has 1 aliphatic carbocycles. The fourth-order valence-corrected chi connectivity index (χ4v) is 4.00. The standard InChI is InChI=1S/C15H31N3/c1-4-14(3)17-8-10-18(11-9-17)15(12-16)7-5-6-13(15)2/h13-14H,4-12,16H2,1-3H3. The van der Waals surface area contributed by atoms with E-state index in [1.54, 1.807) is 0 Å². The Hall–Kier alpha value is -0.120. The fraction of sp³-hybridized carbons (Fsp3) is 1.00. The highest BCUT2D eigenvalue weighted by Crippen LogP contribution is 2.40. The predicted molar refractivity (Wildman–Crippen MR) is 77.7 cm³/mol. The molecule has 3 nitrogen and oxygen atoms in total. The van der Waals surface area contributed by atoms with Crippen molar-refractivity contribution in [1.82, 2.24) is 9.80 Å². The van der Waals surface area contributed by atoms with Gasteiger partial charge in [0.25, 0.3) is 0 Å². The molecule has 18 heavy (non-hydrogen) atoms. The number of hydrogen-bond donors (Lipinski definition) is 1. The van der Waals surface area contributed by atoms with Crippen LogP contribution in [-0.2, 0) is 0 Å². The molecular formula is C15H31N3. The Kier molecular flexibility index (Phi) is 4.68. The fourth-order valence-electron chi connectivity index (χ4n) is 4.00. The molecule has 1 heterocycles. The highest BCUT2D eigenvalue weighted by Gasteiger charge is 2.44. The normalized spacial score (nSPS) is 37.0. The number of nitrogens with zero attached hydrogens (tertiary/aromatic N) is 2. The number of nitrogens with two attached hydrogens (primary N) is 1. The summed E-state index contributed by atoms with van der Waals surface area (Å²) in [6.45, 7) is 12.8. The molecule has 0 bridgehead atoms. The molecular weight excluding hydrogens is 222 g/mol. The van der Waals surface area contributed by atoms with Gasteiger partial charge in [-0.05, 0) is 32.1 Å². The lowest BCUT2D eigenvalue weighted by Gasteiger charge is -2.49. The van der Waals surface area contributed by atoms with Gasteiger partial charge in [-0.25, -0.2) is 0 Å². The van der Waals surface area contributed by atoms with Crippen molar-refractivity contribution in [2.24, 2.45) is 11.7 Å². The first kappa shape index (κ1) is 14.3. The van der Waals surface area contributed by atoms with Crippen molar-refractivity contribution in [3.05, 3.63) is 0 Å². The largest absolute Gasteiger partial charge is 0.329 e. The molecule has 0 aromatic rings. The van der Waals surface area contributed by atoms with E-state index >= 15 is 0 Å². The molecule has 0 aromatic heterocycles. The van der Waals surface area contributed by atoms with E-state index < -0.39 is 0 Å². The van der Waals surface area contributed by atoms with Crippen molar-refractivity contribution >= 4 is 0 Å². The second-order valence-electron chi connectivity index (χ2n) is 6.38. The maximum Gasteiger partial charge on any atom is 0.0358 e. The monoisotopic (exact) mass is 253 g/mol. The lowest BCUT2D eigenvalue weighted by atomic mass is 9.85. The topological polar surface area (TPSA) is 32.5 Å². The SMILES string of the molecule is CCC(C)N1CCN(C2(CN)CCCC2C)CC1. The zero-order valence-corrected chi connectivity index (χ0v) is 12.5. The first-order valence-corrected chi connectivity index (χ1v) is 7.83. The highest BCUT2D eigenvalue weighted by atomic mass is 15.3. The van der Waals surface area contributed by atoms with Crippen LogP contribution >= 0.6 is 0 Å². The molecule has 0 spiro atoms. The molecule has 106 valence electrons. The minimum absolute atomic E-state index is 0.321. The summed E-state index contributed by atoms with van der Waals surface area (Å²) in [7, 11) is 0. The summed E-state index contributed by atoms with van der Waals surface area (Å²) in [5, 5.41) is 0. The molecule has 2 fully saturated rings. The maximum atomic E-state index is 6.16. The van der Waals surface area contributed by atoms with Crippen molar-refractivity contribution in [2.75, 3.05) is 32.7 Å². The van der Waals surface area contributed by atoms with Gasteiger partial charge < -0.3 is 5.73 Å². The summed E-state index contributed by atoms with van der Waals surface area (Å²) in [6, 6.07) is 0.738. The Morgan fingerprint density at radius 3 is 2.39 bits per heavy atom. The smallest absolute Gasteiger partial charge is 0.0358 e. The molecule has 0 radical (unpaired) electrons. The first-order valence-electron chi connectivity index (χ1n) is 7.83. The molecule has 0 amide bonds. The van der Waals surface area contributed by atoms with Gasteiger partial charge in [-0.15, -0.1) is 0 Å². The van der Waals surface area contributed by atoms with Crippen molar-refractivity contribution in [2.45, 2.75) is 58.0 Å². The average molecular weight is 253 g/mol. The first-order chi connectivity index (χ1) is 8.64. The van der Waals surface area contributed by atoms with Crippen molar-refractivity contribution in [3.63, 3.8) is 0 Å². The summed E-state index contributed by atoms with van der Waals surface area (Å²) >= 11 is 0. The van der Waals surface area contributed by atoms with Crippen LogP contribution < -0.4 is 5.73 Å². The number of piperazine rings is 1. The van der Waals surface area contributed by atoms with Gasteiger partial charge in [0.05, 0.1) is 0 Å². The molecule has 2 N–H and O–H groups in total. The van der Waals surface area contributed by atoms with Crippen LogP contribution in [0.1, 0.15) is 46.5 Å². The van der Waals surface area contributed by atoms with Crippen LogP contribution in [0, 0.1) is 5.92 Å². The van der Waals surface area contributed by atoms with E-state index in [1.807, 2.05) is 0 Å². The summed E-state index contributed by atoms with van der Waals surface area (Å²) in [6.07, 6.45) is 5.30. The Morgan fingerprint density at radius 2 is 1.94 bits per heavy atom. The van der Waals surface area contributed by atoms with Crippen molar-refractivity contribution < 1.29 is 0 Å². The molecule has 1 saturated heterocycles. The van der Waals surface area contributed by atoms with Crippen LogP contribution in [0.2, 0.25) is 0 Å². The van der Waals surface area contributed by atoms with Gasteiger partial charge in [0, 0.05) is 44.3 Å². The molecule has 2 aliphatic rings. The van der Waals surface area contributed by atoms with Gasteiger partial charge in [0.15, 0.2) is 0 Å². The Bertz CT molecular complexity index is 260. The third kappa shape index (κ3) is 2.45. The van der Waals surface area contributed by atoms with Crippen LogP contribution in [0.15, 0.2) is 0 Å². The molecule has 2 rings (SSSR count). The van der Waals surface area contributed by atoms with Crippen LogP contribution in [0.3, 0.4) is 0 Å². The van der Waals surface area contributed by atoms with Gasteiger partial charge in [-0.1, -0.05) is 20.3 Å². The van der Waals surface area contributed by atoms with Crippen LogP contribution in [0.5, 0.6) is 0 Å². The zero-order chi connectivity index (χ0) is 13.2. The van der Waals surface area contributed by atoms with E-state index in [0.717, 1.165) is 18.5 Å². The third-order valence-corrected chi connectivity index (χ3v) is 5.68. The van der Waals surface area contributed by atoms with E-state index in [-0.39, 0.29) is 0 Å². The second kappa shape index (κ2) is 5.89. The van der Waals surface area contributed by atoms with Crippen LogP contribution in [0.25, 0.3) is 0 Å².